The van der Waals surface area contributed by atoms with Crippen LogP contribution in [-0.4, -0.2) is 22.4 Å². The molecule has 1 aliphatic heterocycles. The SMILES string of the molecule is CN1C(c2ccc3c4c5sc6ccccc6c5ccc4n(-c4ccccc4)c3c2)=NC(c2ccccc2)=CC1c1ccccc1. The average molecular weight is 596 g/mol. The molecule has 45 heavy (non-hydrogen) atoms. The predicted octanol–water partition coefficient (Wildman–Crippen LogP) is 10.6. The van der Waals surface area contributed by atoms with E-state index < -0.39 is 0 Å². The summed E-state index contributed by atoms with van der Waals surface area (Å²) in [5.41, 5.74) is 8.01. The standard InChI is InChI=1S/C41H29N3S/c1-43-36(28-15-7-3-8-16-28)26-34(27-13-5-2-6-14-27)42-41(43)29-21-22-33-37(25-29)44(30-17-9-4-10-18-30)35-24-23-32-31-19-11-12-20-38(31)45-40(32)39(33)35/h2-26,36H,1H3. The van der Waals surface area contributed by atoms with E-state index in [1.807, 2.05) is 11.3 Å². The fraction of sp³-hybridized carbons (Fsp3) is 0.0488. The smallest absolute Gasteiger partial charge is 0.137 e. The summed E-state index contributed by atoms with van der Waals surface area (Å²) in [5.74, 6) is 0.962. The van der Waals surface area contributed by atoms with E-state index in [4.69, 9.17) is 4.99 Å². The van der Waals surface area contributed by atoms with Crippen molar-refractivity contribution in [3.8, 4) is 5.69 Å². The molecule has 0 N–H and O–H groups in total. The molecule has 3 nitrogen and oxygen atoms in total. The first-order valence-corrected chi connectivity index (χ1v) is 16.1. The van der Waals surface area contributed by atoms with Gasteiger partial charge in [0.15, 0.2) is 0 Å². The van der Waals surface area contributed by atoms with Crippen LogP contribution in [0, 0.1) is 0 Å². The second kappa shape index (κ2) is 10.3. The molecule has 3 heterocycles. The van der Waals surface area contributed by atoms with Gasteiger partial charge in [-0.25, -0.2) is 4.99 Å². The molecule has 4 heteroatoms. The Hall–Kier alpha value is -5.45. The molecule has 0 amide bonds. The average Bonchev–Trinajstić information content (AvgIpc) is 3.65. The maximum absolute atomic E-state index is 5.32. The molecule has 0 fully saturated rings. The molecular weight excluding hydrogens is 567 g/mol. The van der Waals surface area contributed by atoms with Crippen LogP contribution < -0.4 is 0 Å². The first-order valence-electron chi connectivity index (χ1n) is 15.3. The molecule has 0 aliphatic carbocycles. The molecule has 2 aromatic heterocycles. The Labute approximate surface area is 265 Å². The van der Waals surface area contributed by atoms with Gasteiger partial charge < -0.3 is 9.47 Å². The van der Waals surface area contributed by atoms with Crippen molar-refractivity contribution in [3.63, 3.8) is 0 Å². The molecular formula is C41H29N3S. The van der Waals surface area contributed by atoms with Gasteiger partial charge in [-0.1, -0.05) is 115 Å². The van der Waals surface area contributed by atoms with E-state index in [1.165, 1.54) is 47.5 Å². The lowest BCUT2D eigenvalue weighted by atomic mass is 9.98. The van der Waals surface area contributed by atoms with Crippen molar-refractivity contribution in [1.82, 2.24) is 9.47 Å². The lowest BCUT2D eigenvalue weighted by Crippen LogP contribution is -2.33. The Morgan fingerprint density at radius 1 is 0.600 bits per heavy atom. The van der Waals surface area contributed by atoms with Crippen LogP contribution in [0.2, 0.25) is 0 Å². The summed E-state index contributed by atoms with van der Waals surface area (Å²) in [5, 5.41) is 5.21. The molecule has 9 rings (SSSR count). The second-order valence-corrected chi connectivity index (χ2v) is 12.7. The van der Waals surface area contributed by atoms with Crippen molar-refractivity contribution in [1.29, 1.82) is 0 Å². The summed E-state index contributed by atoms with van der Waals surface area (Å²) < 4.78 is 5.08. The Balaban J connectivity index is 1.31. The van der Waals surface area contributed by atoms with Gasteiger partial charge >= 0.3 is 0 Å². The summed E-state index contributed by atoms with van der Waals surface area (Å²) in [7, 11) is 2.16. The molecule has 1 atom stereocenters. The van der Waals surface area contributed by atoms with Gasteiger partial charge in [-0.2, -0.15) is 0 Å². The number of likely N-dealkylation sites (N-methyl/N-ethyl adjacent to an activating group) is 1. The van der Waals surface area contributed by atoms with Crippen LogP contribution in [0.5, 0.6) is 0 Å². The van der Waals surface area contributed by atoms with Crippen molar-refractivity contribution in [3.05, 3.63) is 168 Å². The molecule has 6 aromatic carbocycles. The minimum Gasteiger partial charge on any atom is -0.349 e. The van der Waals surface area contributed by atoms with E-state index in [0.717, 1.165) is 28.3 Å². The normalized spacial score (nSPS) is 15.2. The number of para-hydroxylation sites is 1. The largest absolute Gasteiger partial charge is 0.349 e. The molecule has 0 radical (unpaired) electrons. The lowest BCUT2D eigenvalue weighted by Gasteiger charge is -2.33. The van der Waals surface area contributed by atoms with E-state index in [1.54, 1.807) is 0 Å². The highest BCUT2D eigenvalue weighted by Crippen LogP contribution is 2.44. The van der Waals surface area contributed by atoms with E-state index in [2.05, 4.69) is 168 Å². The van der Waals surface area contributed by atoms with E-state index >= 15 is 0 Å². The number of hydrogen-bond donors (Lipinski definition) is 0. The second-order valence-electron chi connectivity index (χ2n) is 11.7. The van der Waals surface area contributed by atoms with Crippen LogP contribution in [0.4, 0.5) is 0 Å². The summed E-state index contributed by atoms with van der Waals surface area (Å²) in [6, 6.07) is 52.3. The zero-order valence-electron chi connectivity index (χ0n) is 24.8. The zero-order chi connectivity index (χ0) is 29.9. The monoisotopic (exact) mass is 595 g/mol. The highest BCUT2D eigenvalue weighted by atomic mass is 32.1. The number of benzene rings is 6. The third-order valence-electron chi connectivity index (χ3n) is 9.05. The third kappa shape index (κ3) is 4.14. The summed E-state index contributed by atoms with van der Waals surface area (Å²) >= 11 is 1.89. The van der Waals surface area contributed by atoms with Crippen molar-refractivity contribution in [2.75, 3.05) is 7.05 Å². The molecule has 214 valence electrons. The fourth-order valence-corrected chi connectivity index (χ4v) is 8.17. The van der Waals surface area contributed by atoms with Crippen molar-refractivity contribution in [2.45, 2.75) is 6.04 Å². The predicted molar refractivity (Wildman–Crippen MR) is 192 cm³/mol. The summed E-state index contributed by atoms with van der Waals surface area (Å²) in [6.07, 6.45) is 2.28. The van der Waals surface area contributed by atoms with Gasteiger partial charge in [-0.15, -0.1) is 11.3 Å². The maximum atomic E-state index is 5.32. The molecule has 0 saturated heterocycles. The van der Waals surface area contributed by atoms with E-state index in [-0.39, 0.29) is 6.04 Å². The highest BCUT2D eigenvalue weighted by molar-refractivity contribution is 7.26. The summed E-state index contributed by atoms with van der Waals surface area (Å²) in [4.78, 5) is 7.63. The van der Waals surface area contributed by atoms with Crippen LogP contribution >= 0.6 is 11.3 Å². The van der Waals surface area contributed by atoms with Gasteiger partial charge in [0.05, 0.1) is 22.8 Å². The number of hydrogen-bond acceptors (Lipinski definition) is 3. The molecule has 0 bridgehead atoms. The van der Waals surface area contributed by atoms with Crippen molar-refractivity contribution in [2.24, 2.45) is 4.99 Å². The molecule has 1 unspecified atom stereocenters. The van der Waals surface area contributed by atoms with Gasteiger partial charge in [0, 0.05) is 49.2 Å². The number of rotatable bonds is 4. The van der Waals surface area contributed by atoms with Gasteiger partial charge in [0.2, 0.25) is 0 Å². The highest BCUT2D eigenvalue weighted by Gasteiger charge is 2.26. The number of nitrogens with zero attached hydrogens (tertiary/aromatic N) is 3. The number of thiophene rings is 1. The van der Waals surface area contributed by atoms with Crippen LogP contribution in [0.15, 0.2) is 157 Å². The Kier molecular flexibility index (Phi) is 5.97. The molecule has 8 aromatic rings. The van der Waals surface area contributed by atoms with Crippen LogP contribution in [0.1, 0.15) is 22.7 Å². The minimum absolute atomic E-state index is 0.0581. The zero-order valence-corrected chi connectivity index (χ0v) is 25.6. The Morgan fingerprint density at radius 3 is 2.09 bits per heavy atom. The topological polar surface area (TPSA) is 20.5 Å². The first kappa shape index (κ1) is 26.0. The van der Waals surface area contributed by atoms with Gasteiger partial charge in [0.1, 0.15) is 5.84 Å². The molecule has 0 spiro atoms. The minimum atomic E-state index is 0.0581. The number of aliphatic imine (C=N–C) groups is 1. The summed E-state index contributed by atoms with van der Waals surface area (Å²) in [6.45, 7) is 0. The molecule has 0 saturated carbocycles. The quantitative estimate of drug-likeness (QED) is 0.198. The van der Waals surface area contributed by atoms with Crippen LogP contribution in [-0.2, 0) is 0 Å². The number of aromatic nitrogens is 1. The fourth-order valence-electron chi connectivity index (χ4n) is 6.91. The number of amidine groups is 1. The number of fused-ring (bicyclic) bond motifs is 7. The van der Waals surface area contributed by atoms with E-state index in [9.17, 15) is 0 Å². The Morgan fingerprint density at radius 2 is 1.29 bits per heavy atom. The lowest BCUT2D eigenvalue weighted by molar-refractivity contribution is 0.435. The Bertz CT molecular complexity index is 2430. The first-order chi connectivity index (χ1) is 22.2. The van der Waals surface area contributed by atoms with Crippen LogP contribution in [0.25, 0.3) is 53.4 Å². The van der Waals surface area contributed by atoms with Gasteiger partial charge in [-0.3, -0.25) is 0 Å². The van der Waals surface area contributed by atoms with E-state index in [0.29, 0.717) is 0 Å². The van der Waals surface area contributed by atoms with Crippen molar-refractivity contribution < 1.29 is 0 Å². The van der Waals surface area contributed by atoms with Gasteiger partial charge in [-0.05, 0) is 47.5 Å². The van der Waals surface area contributed by atoms with Gasteiger partial charge in [0.25, 0.3) is 0 Å². The third-order valence-corrected chi connectivity index (χ3v) is 10.3. The molecule has 1 aliphatic rings. The van der Waals surface area contributed by atoms with Crippen LogP contribution in [0.3, 0.4) is 0 Å². The van der Waals surface area contributed by atoms with Crippen molar-refractivity contribution >= 4 is 64.8 Å². The maximum Gasteiger partial charge on any atom is 0.137 e.